The fourth-order valence-electron chi connectivity index (χ4n) is 6.61. The first-order valence-electron chi connectivity index (χ1n) is 9.40. The van der Waals surface area contributed by atoms with E-state index in [0.29, 0.717) is 5.54 Å². The maximum Gasteiger partial charge on any atom is 0.264 e. The molecule has 1 N–H and O–H groups in total. The van der Waals surface area contributed by atoms with Gasteiger partial charge in [0.25, 0.3) is 5.91 Å². The Bertz CT molecular complexity index is 553. The first-order chi connectivity index (χ1) is 11.2. The van der Waals surface area contributed by atoms with E-state index in [-0.39, 0.29) is 5.91 Å². The molecule has 5 fully saturated rings. The Hall–Kier alpha value is -0.870. The maximum atomic E-state index is 12.5. The molecule has 23 heavy (non-hydrogen) atoms. The molecule has 124 valence electrons. The Morgan fingerprint density at radius 2 is 1.70 bits per heavy atom. The molecular formula is C19H27N2OS+. The number of thiophene rings is 1. The van der Waals surface area contributed by atoms with Gasteiger partial charge in [0.2, 0.25) is 0 Å². The van der Waals surface area contributed by atoms with E-state index in [1.165, 1.54) is 51.6 Å². The number of nitrogens with zero attached hydrogens (tertiary/aromatic N) is 1. The van der Waals surface area contributed by atoms with Gasteiger partial charge in [0, 0.05) is 19.3 Å². The number of hydrogen-bond donors (Lipinski definition) is 1. The highest BCUT2D eigenvalue weighted by Gasteiger charge is 2.56. The van der Waals surface area contributed by atoms with Crippen molar-refractivity contribution >= 4 is 17.2 Å². The number of rotatable bonds is 2. The quantitative estimate of drug-likeness (QED) is 0.881. The normalized spacial score (nSPS) is 39.8. The molecule has 1 aromatic heterocycles. The van der Waals surface area contributed by atoms with Gasteiger partial charge in [-0.3, -0.25) is 4.79 Å². The maximum absolute atomic E-state index is 12.5. The summed E-state index contributed by atoms with van der Waals surface area (Å²) in [6, 6.07) is 3.94. The van der Waals surface area contributed by atoms with Gasteiger partial charge >= 0.3 is 0 Å². The van der Waals surface area contributed by atoms with Crippen LogP contribution in [0.1, 0.15) is 48.2 Å². The summed E-state index contributed by atoms with van der Waals surface area (Å²) < 4.78 is 0. The van der Waals surface area contributed by atoms with Gasteiger partial charge in [-0.05, 0) is 48.5 Å². The summed E-state index contributed by atoms with van der Waals surface area (Å²) >= 11 is 1.57. The van der Waals surface area contributed by atoms with Gasteiger partial charge in [-0.2, -0.15) is 0 Å². The van der Waals surface area contributed by atoms with Crippen LogP contribution >= 0.6 is 11.3 Å². The monoisotopic (exact) mass is 331 g/mol. The molecule has 0 unspecified atom stereocenters. The molecule has 4 heteroatoms. The Labute approximate surface area is 142 Å². The highest BCUT2D eigenvalue weighted by atomic mass is 32.1. The largest absolute Gasteiger partial charge is 0.327 e. The zero-order valence-corrected chi connectivity index (χ0v) is 14.6. The number of quaternary nitrogens is 1. The highest BCUT2D eigenvalue weighted by Crippen LogP contribution is 2.54. The van der Waals surface area contributed by atoms with Crippen LogP contribution in [-0.2, 0) is 0 Å². The molecule has 0 spiro atoms. The molecule has 2 heterocycles. The van der Waals surface area contributed by atoms with Gasteiger partial charge in [0.1, 0.15) is 0 Å². The molecular weight excluding hydrogens is 304 g/mol. The third-order valence-electron chi connectivity index (χ3n) is 7.17. The van der Waals surface area contributed by atoms with Crippen molar-refractivity contribution in [1.82, 2.24) is 4.90 Å². The Morgan fingerprint density at radius 3 is 2.22 bits per heavy atom. The fraction of sp³-hybridized carbons (Fsp3) is 0.737. The average Bonchev–Trinajstić information content (AvgIpc) is 3.07. The molecule has 0 radical (unpaired) electrons. The summed E-state index contributed by atoms with van der Waals surface area (Å²) in [6.07, 6.45) is 9.01. The number of amides is 1. The van der Waals surface area contributed by atoms with Crippen molar-refractivity contribution < 1.29 is 9.69 Å². The van der Waals surface area contributed by atoms with E-state index < -0.39 is 0 Å². The van der Waals surface area contributed by atoms with Gasteiger partial charge in [-0.15, -0.1) is 11.3 Å². The van der Waals surface area contributed by atoms with E-state index in [0.717, 1.165) is 35.7 Å². The lowest BCUT2D eigenvalue weighted by molar-refractivity contribution is -0.962. The van der Waals surface area contributed by atoms with E-state index in [4.69, 9.17) is 0 Å². The third kappa shape index (κ3) is 2.37. The van der Waals surface area contributed by atoms with Crippen molar-refractivity contribution in [3.63, 3.8) is 0 Å². The number of nitrogens with one attached hydrogen (secondary N) is 1. The van der Waals surface area contributed by atoms with Crippen molar-refractivity contribution in [3.8, 4) is 0 Å². The Kier molecular flexibility index (Phi) is 3.35. The van der Waals surface area contributed by atoms with Gasteiger partial charge in [-0.25, -0.2) is 0 Å². The summed E-state index contributed by atoms with van der Waals surface area (Å²) in [4.78, 5) is 17.4. The first kappa shape index (κ1) is 14.5. The number of carbonyl (C=O) groups excluding carboxylic acids is 1. The van der Waals surface area contributed by atoms with Crippen LogP contribution in [0.5, 0.6) is 0 Å². The smallest absolute Gasteiger partial charge is 0.264 e. The predicted octanol–water partition coefficient (Wildman–Crippen LogP) is 2.06. The van der Waals surface area contributed by atoms with E-state index >= 15 is 0 Å². The van der Waals surface area contributed by atoms with Gasteiger partial charge in [0.05, 0.1) is 36.6 Å². The van der Waals surface area contributed by atoms with Crippen LogP contribution in [0.15, 0.2) is 17.5 Å². The van der Waals surface area contributed by atoms with E-state index in [2.05, 4.69) is 4.90 Å². The topological polar surface area (TPSA) is 24.8 Å². The van der Waals surface area contributed by atoms with Crippen LogP contribution in [0.4, 0.5) is 0 Å². The number of hydrogen-bond acceptors (Lipinski definition) is 2. The second kappa shape index (κ2) is 5.32. The minimum atomic E-state index is 0.254. The Morgan fingerprint density at radius 1 is 1.09 bits per heavy atom. The van der Waals surface area contributed by atoms with E-state index in [1.54, 1.807) is 11.3 Å². The molecule has 4 saturated carbocycles. The minimum absolute atomic E-state index is 0.254. The molecule has 5 aliphatic rings. The lowest BCUT2D eigenvalue weighted by Crippen LogP contribution is -3.23. The first-order valence-corrected chi connectivity index (χ1v) is 10.3. The molecule has 1 saturated heterocycles. The molecule has 4 aliphatic carbocycles. The lowest BCUT2D eigenvalue weighted by Gasteiger charge is -2.59. The summed E-state index contributed by atoms with van der Waals surface area (Å²) in [5, 5.41) is 2.00. The fourth-order valence-corrected chi connectivity index (χ4v) is 7.30. The van der Waals surface area contributed by atoms with Gasteiger partial charge < -0.3 is 9.80 Å². The summed E-state index contributed by atoms with van der Waals surface area (Å²) in [7, 11) is 0. The van der Waals surface area contributed by atoms with Crippen molar-refractivity contribution in [2.45, 2.75) is 44.1 Å². The zero-order chi connectivity index (χ0) is 15.4. The standard InChI is InChI=1S/C19H26N2OS/c22-18(17-2-1-7-23-17)20-3-5-21(6-4-20)19-11-14-8-15(12-19)10-16(9-14)13-19/h1-2,7,14-16H,3-6,8-13H2/p+1. The summed E-state index contributed by atoms with van der Waals surface area (Å²) in [6.45, 7) is 4.24. The number of carbonyl (C=O) groups is 1. The lowest BCUT2D eigenvalue weighted by atomic mass is 9.52. The van der Waals surface area contributed by atoms with Crippen molar-refractivity contribution in [1.29, 1.82) is 0 Å². The molecule has 0 atom stereocenters. The third-order valence-corrected chi connectivity index (χ3v) is 8.03. The molecule has 3 nitrogen and oxygen atoms in total. The van der Waals surface area contributed by atoms with Crippen molar-refractivity contribution in [2.24, 2.45) is 17.8 Å². The van der Waals surface area contributed by atoms with Crippen LogP contribution in [0, 0.1) is 17.8 Å². The highest BCUT2D eigenvalue weighted by molar-refractivity contribution is 7.12. The average molecular weight is 332 g/mol. The molecule has 0 aromatic carbocycles. The zero-order valence-electron chi connectivity index (χ0n) is 13.8. The van der Waals surface area contributed by atoms with Crippen molar-refractivity contribution in [3.05, 3.63) is 22.4 Å². The SMILES string of the molecule is O=C(c1cccs1)N1CC[NH+](C23CC4CC(CC(C4)C2)C3)CC1. The number of piperazine rings is 1. The molecule has 4 bridgehead atoms. The van der Waals surface area contributed by atoms with Crippen LogP contribution in [0.3, 0.4) is 0 Å². The molecule has 1 amide bonds. The van der Waals surface area contributed by atoms with Crippen molar-refractivity contribution in [2.75, 3.05) is 26.2 Å². The van der Waals surface area contributed by atoms with Crippen LogP contribution in [0.25, 0.3) is 0 Å². The minimum Gasteiger partial charge on any atom is -0.327 e. The van der Waals surface area contributed by atoms with Gasteiger partial charge in [0.15, 0.2) is 0 Å². The van der Waals surface area contributed by atoms with Crippen LogP contribution < -0.4 is 4.90 Å². The van der Waals surface area contributed by atoms with Crippen LogP contribution in [-0.4, -0.2) is 42.5 Å². The van der Waals surface area contributed by atoms with Gasteiger partial charge in [-0.1, -0.05) is 6.07 Å². The second-order valence-corrected chi connectivity index (χ2v) is 9.52. The molecule has 1 aromatic rings. The molecule has 6 rings (SSSR count). The second-order valence-electron chi connectivity index (χ2n) is 8.57. The predicted molar refractivity (Wildman–Crippen MR) is 91.8 cm³/mol. The summed E-state index contributed by atoms with van der Waals surface area (Å²) in [5.74, 6) is 3.34. The Balaban J connectivity index is 1.27. The van der Waals surface area contributed by atoms with E-state index in [9.17, 15) is 4.79 Å². The molecule has 1 aliphatic heterocycles. The summed E-state index contributed by atoms with van der Waals surface area (Å²) in [5.41, 5.74) is 0.590. The van der Waals surface area contributed by atoms with Crippen LogP contribution in [0.2, 0.25) is 0 Å². The van der Waals surface area contributed by atoms with E-state index in [1.807, 2.05) is 22.4 Å².